The van der Waals surface area contributed by atoms with Gasteiger partial charge in [0.15, 0.2) is 0 Å². The molecule has 1 atom stereocenters. The minimum absolute atomic E-state index is 0.312. The highest BCUT2D eigenvalue weighted by Gasteiger charge is 2.08. The van der Waals surface area contributed by atoms with Gasteiger partial charge in [-0.2, -0.15) is 0 Å². The van der Waals surface area contributed by atoms with Crippen molar-refractivity contribution in [3.63, 3.8) is 0 Å². The van der Waals surface area contributed by atoms with Gasteiger partial charge in [-0.3, -0.25) is 0 Å². The summed E-state index contributed by atoms with van der Waals surface area (Å²) in [5, 5.41) is 3.45. The van der Waals surface area contributed by atoms with Crippen LogP contribution in [0.2, 0.25) is 0 Å². The fraction of sp³-hybridized carbons (Fsp3) is 0.400. The first kappa shape index (κ1) is 13.6. The molecule has 1 aromatic heterocycles. The monoisotopic (exact) mass is 260 g/mol. The van der Waals surface area contributed by atoms with Crippen LogP contribution in [0.3, 0.4) is 0 Å². The van der Waals surface area contributed by atoms with Crippen molar-refractivity contribution in [2.45, 2.75) is 26.3 Å². The number of benzene rings is 1. The Kier molecular flexibility index (Phi) is 4.58. The lowest BCUT2D eigenvalue weighted by atomic mass is 10.1. The molecule has 0 unspecified atom stereocenters. The number of oxazole rings is 1. The van der Waals surface area contributed by atoms with Crippen LogP contribution in [0.1, 0.15) is 19.0 Å². The van der Waals surface area contributed by atoms with Gasteiger partial charge in [0.25, 0.3) is 0 Å². The molecule has 4 nitrogen and oxygen atoms in total. The van der Waals surface area contributed by atoms with Crippen molar-refractivity contribution in [1.29, 1.82) is 0 Å². The Morgan fingerprint density at radius 2 is 2.26 bits per heavy atom. The second-order valence-corrected chi connectivity index (χ2v) is 4.58. The summed E-state index contributed by atoms with van der Waals surface area (Å²) >= 11 is 0. The molecule has 1 aromatic carbocycles. The maximum atomic E-state index is 5.42. The summed E-state index contributed by atoms with van der Waals surface area (Å²) in [5.41, 5.74) is 2.92. The second kappa shape index (κ2) is 6.38. The van der Waals surface area contributed by atoms with E-state index in [4.69, 9.17) is 9.15 Å². The molecular weight excluding hydrogens is 240 g/mol. The fourth-order valence-corrected chi connectivity index (χ4v) is 1.93. The number of nitrogens with zero attached hydrogens (tertiary/aromatic N) is 1. The summed E-state index contributed by atoms with van der Waals surface area (Å²) in [6.07, 6.45) is 2.67. The lowest BCUT2D eigenvalue weighted by Crippen LogP contribution is -2.23. The minimum Gasteiger partial charge on any atom is -0.444 e. The van der Waals surface area contributed by atoms with Crippen LogP contribution in [0.25, 0.3) is 11.5 Å². The van der Waals surface area contributed by atoms with Gasteiger partial charge < -0.3 is 14.5 Å². The van der Waals surface area contributed by atoms with Crippen molar-refractivity contribution in [2.75, 3.05) is 19.0 Å². The molecule has 0 saturated carbocycles. The number of hydrogen-bond donors (Lipinski definition) is 1. The van der Waals surface area contributed by atoms with Gasteiger partial charge in [0.2, 0.25) is 5.89 Å². The lowest BCUT2D eigenvalue weighted by Gasteiger charge is -2.17. The van der Waals surface area contributed by atoms with E-state index in [1.165, 1.54) is 0 Å². The Morgan fingerprint density at radius 3 is 2.89 bits per heavy atom. The average Bonchev–Trinajstić information content (AvgIpc) is 2.85. The van der Waals surface area contributed by atoms with Gasteiger partial charge in [-0.05, 0) is 31.5 Å². The molecule has 2 aromatic rings. The molecule has 102 valence electrons. The van der Waals surface area contributed by atoms with Crippen LogP contribution in [0.4, 0.5) is 5.69 Å². The SMILES string of the molecule is CC[C@@H](COC)Nc1cccc(-c2nc(C)co2)c1. The summed E-state index contributed by atoms with van der Waals surface area (Å²) in [4.78, 5) is 4.34. The number of rotatable bonds is 6. The van der Waals surface area contributed by atoms with Crippen LogP contribution in [-0.4, -0.2) is 24.7 Å². The molecule has 0 fully saturated rings. The van der Waals surface area contributed by atoms with Crippen LogP contribution in [0.5, 0.6) is 0 Å². The molecule has 0 aliphatic rings. The Bertz CT molecular complexity index is 522. The van der Waals surface area contributed by atoms with Crippen molar-refractivity contribution in [1.82, 2.24) is 4.98 Å². The van der Waals surface area contributed by atoms with Crippen molar-refractivity contribution >= 4 is 5.69 Å². The first-order chi connectivity index (χ1) is 9.22. The summed E-state index contributed by atoms with van der Waals surface area (Å²) in [6.45, 7) is 4.75. The fourth-order valence-electron chi connectivity index (χ4n) is 1.93. The average molecular weight is 260 g/mol. The van der Waals surface area contributed by atoms with Crippen molar-refractivity contribution in [3.8, 4) is 11.5 Å². The van der Waals surface area contributed by atoms with E-state index in [0.717, 1.165) is 23.4 Å². The Balaban J connectivity index is 2.15. The van der Waals surface area contributed by atoms with E-state index in [1.807, 2.05) is 31.2 Å². The van der Waals surface area contributed by atoms with E-state index in [1.54, 1.807) is 13.4 Å². The van der Waals surface area contributed by atoms with E-state index >= 15 is 0 Å². The van der Waals surface area contributed by atoms with Gasteiger partial charge in [-0.15, -0.1) is 0 Å². The number of hydrogen-bond acceptors (Lipinski definition) is 4. The highest BCUT2D eigenvalue weighted by molar-refractivity contribution is 5.61. The molecule has 4 heteroatoms. The molecule has 0 amide bonds. The van der Waals surface area contributed by atoms with Gasteiger partial charge in [0.05, 0.1) is 12.3 Å². The second-order valence-electron chi connectivity index (χ2n) is 4.58. The third-order valence-corrected chi connectivity index (χ3v) is 2.96. The number of aryl methyl sites for hydroxylation is 1. The predicted molar refractivity (Wildman–Crippen MR) is 76.3 cm³/mol. The minimum atomic E-state index is 0.312. The van der Waals surface area contributed by atoms with Crippen molar-refractivity contribution in [3.05, 3.63) is 36.2 Å². The number of methoxy groups -OCH3 is 1. The van der Waals surface area contributed by atoms with Gasteiger partial charge >= 0.3 is 0 Å². The van der Waals surface area contributed by atoms with E-state index in [-0.39, 0.29) is 0 Å². The Morgan fingerprint density at radius 1 is 1.42 bits per heavy atom. The third kappa shape index (κ3) is 3.58. The normalized spacial score (nSPS) is 12.4. The van der Waals surface area contributed by atoms with Gasteiger partial charge in [-0.1, -0.05) is 13.0 Å². The molecule has 0 spiro atoms. The number of ether oxygens (including phenoxy) is 1. The molecule has 2 rings (SSSR count). The Labute approximate surface area is 113 Å². The first-order valence-electron chi connectivity index (χ1n) is 6.51. The standard InChI is InChI=1S/C15H20N2O2/c1-4-13(10-18-3)17-14-7-5-6-12(8-14)15-16-11(2)9-19-15/h5-9,13,17H,4,10H2,1-3H3/t13-/m0/s1. The third-order valence-electron chi connectivity index (χ3n) is 2.96. The van der Waals surface area contributed by atoms with E-state index < -0.39 is 0 Å². The van der Waals surface area contributed by atoms with E-state index in [2.05, 4.69) is 17.2 Å². The lowest BCUT2D eigenvalue weighted by molar-refractivity contribution is 0.184. The first-order valence-corrected chi connectivity index (χ1v) is 6.51. The highest BCUT2D eigenvalue weighted by Crippen LogP contribution is 2.22. The zero-order valence-corrected chi connectivity index (χ0v) is 11.6. The summed E-state index contributed by atoms with van der Waals surface area (Å²) in [7, 11) is 1.72. The van der Waals surface area contributed by atoms with Crippen molar-refractivity contribution < 1.29 is 9.15 Å². The molecule has 0 saturated heterocycles. The number of nitrogens with one attached hydrogen (secondary N) is 1. The predicted octanol–water partition coefficient (Wildman–Crippen LogP) is 3.49. The van der Waals surface area contributed by atoms with Crippen LogP contribution in [-0.2, 0) is 4.74 Å². The summed E-state index contributed by atoms with van der Waals surface area (Å²) in [5.74, 6) is 0.654. The summed E-state index contributed by atoms with van der Waals surface area (Å²) < 4.78 is 10.6. The smallest absolute Gasteiger partial charge is 0.226 e. The molecule has 1 heterocycles. The molecule has 0 aliphatic carbocycles. The molecule has 0 aliphatic heterocycles. The molecule has 0 radical (unpaired) electrons. The van der Waals surface area contributed by atoms with Gasteiger partial charge in [0, 0.05) is 24.4 Å². The van der Waals surface area contributed by atoms with Crippen LogP contribution >= 0.6 is 0 Å². The zero-order chi connectivity index (χ0) is 13.7. The molecular formula is C15H20N2O2. The van der Waals surface area contributed by atoms with Crippen LogP contribution in [0.15, 0.2) is 34.9 Å². The highest BCUT2D eigenvalue weighted by atomic mass is 16.5. The number of anilines is 1. The van der Waals surface area contributed by atoms with E-state index in [0.29, 0.717) is 18.5 Å². The molecule has 0 bridgehead atoms. The molecule has 1 N–H and O–H groups in total. The van der Waals surface area contributed by atoms with Crippen LogP contribution in [0, 0.1) is 6.92 Å². The summed E-state index contributed by atoms with van der Waals surface area (Å²) in [6, 6.07) is 8.39. The van der Waals surface area contributed by atoms with E-state index in [9.17, 15) is 0 Å². The van der Waals surface area contributed by atoms with Gasteiger partial charge in [-0.25, -0.2) is 4.98 Å². The maximum Gasteiger partial charge on any atom is 0.226 e. The largest absolute Gasteiger partial charge is 0.444 e. The zero-order valence-electron chi connectivity index (χ0n) is 11.6. The number of aromatic nitrogens is 1. The quantitative estimate of drug-likeness (QED) is 0.863. The topological polar surface area (TPSA) is 47.3 Å². The van der Waals surface area contributed by atoms with Crippen molar-refractivity contribution in [2.24, 2.45) is 0 Å². The molecule has 19 heavy (non-hydrogen) atoms. The van der Waals surface area contributed by atoms with Crippen LogP contribution < -0.4 is 5.32 Å². The Hall–Kier alpha value is -1.81. The maximum absolute atomic E-state index is 5.42. The van der Waals surface area contributed by atoms with Gasteiger partial charge in [0.1, 0.15) is 6.26 Å².